The van der Waals surface area contributed by atoms with Crippen LogP contribution in [0.2, 0.25) is 0 Å². The predicted octanol–water partition coefficient (Wildman–Crippen LogP) is 6.14. The Morgan fingerprint density at radius 1 is 0.833 bits per heavy atom. The molecule has 1 heterocycles. The average molecular weight is 416 g/mol. The second-order valence-corrected chi connectivity index (χ2v) is 7.74. The summed E-state index contributed by atoms with van der Waals surface area (Å²) in [7, 11) is 0. The van der Waals surface area contributed by atoms with Crippen molar-refractivity contribution in [3.63, 3.8) is 0 Å². The van der Waals surface area contributed by atoms with Crippen LogP contribution in [-0.4, -0.2) is 10.9 Å². The summed E-state index contributed by atoms with van der Waals surface area (Å²) in [6.45, 7) is 0. The van der Waals surface area contributed by atoms with E-state index in [0.29, 0.717) is 22.8 Å². The molecule has 0 atom stereocenters. The van der Waals surface area contributed by atoms with Gasteiger partial charge in [0.05, 0.1) is 0 Å². The summed E-state index contributed by atoms with van der Waals surface area (Å²) in [5, 5.41) is 10.4. The molecule has 0 saturated carbocycles. The van der Waals surface area contributed by atoms with Gasteiger partial charge in [0.15, 0.2) is 0 Å². The van der Waals surface area contributed by atoms with E-state index < -0.39 is 5.63 Å². The molecule has 5 heteroatoms. The first-order valence-electron chi connectivity index (χ1n) is 9.56. The molecule has 4 nitrogen and oxygen atoms in total. The fourth-order valence-electron chi connectivity index (χ4n) is 2.97. The van der Waals surface area contributed by atoms with Crippen LogP contribution in [0.5, 0.6) is 17.2 Å². The first-order chi connectivity index (χ1) is 14.7. The van der Waals surface area contributed by atoms with Crippen molar-refractivity contribution in [2.75, 3.05) is 5.75 Å². The molecule has 0 unspecified atom stereocenters. The van der Waals surface area contributed by atoms with E-state index in [1.54, 1.807) is 24.3 Å². The van der Waals surface area contributed by atoms with Crippen molar-refractivity contribution in [3.05, 3.63) is 107 Å². The molecule has 3 aromatic carbocycles. The molecule has 0 aliphatic rings. The molecule has 0 aliphatic heterocycles. The first kappa shape index (κ1) is 19.9. The third-order valence-electron chi connectivity index (χ3n) is 4.49. The predicted molar refractivity (Wildman–Crippen MR) is 119 cm³/mol. The SMILES string of the molecule is O=c1oc(-c2ccc(Oc3ccccc3)cc2)cc(O)c1SCCc1ccccc1. The molecule has 1 aromatic heterocycles. The fraction of sp³-hybridized carbons (Fsp3) is 0.0800. The van der Waals surface area contributed by atoms with Crippen molar-refractivity contribution >= 4 is 11.8 Å². The van der Waals surface area contributed by atoms with E-state index in [9.17, 15) is 9.90 Å². The Morgan fingerprint density at radius 3 is 2.13 bits per heavy atom. The van der Waals surface area contributed by atoms with Crippen molar-refractivity contribution in [2.24, 2.45) is 0 Å². The van der Waals surface area contributed by atoms with Crippen LogP contribution < -0.4 is 10.4 Å². The Labute approximate surface area is 178 Å². The molecule has 4 aromatic rings. The number of hydrogen-bond donors (Lipinski definition) is 1. The highest BCUT2D eigenvalue weighted by molar-refractivity contribution is 7.99. The Bertz CT molecular complexity index is 1150. The number of thioether (sulfide) groups is 1. The summed E-state index contributed by atoms with van der Waals surface area (Å²) in [6.07, 6.45) is 0.801. The van der Waals surface area contributed by atoms with Crippen molar-refractivity contribution in [2.45, 2.75) is 11.3 Å². The molecule has 0 radical (unpaired) electrons. The van der Waals surface area contributed by atoms with Gasteiger partial charge < -0.3 is 14.3 Å². The quantitative estimate of drug-likeness (QED) is 0.367. The van der Waals surface area contributed by atoms with Crippen LogP contribution in [-0.2, 0) is 6.42 Å². The zero-order valence-electron chi connectivity index (χ0n) is 16.2. The van der Waals surface area contributed by atoms with E-state index in [1.165, 1.54) is 23.4 Å². The van der Waals surface area contributed by atoms with Crippen molar-refractivity contribution in [1.29, 1.82) is 0 Å². The van der Waals surface area contributed by atoms with Crippen LogP contribution in [0, 0.1) is 0 Å². The fourth-order valence-corrected chi connectivity index (χ4v) is 3.88. The smallest absolute Gasteiger partial charge is 0.353 e. The Balaban J connectivity index is 1.45. The van der Waals surface area contributed by atoms with E-state index in [-0.39, 0.29) is 10.6 Å². The largest absolute Gasteiger partial charge is 0.506 e. The molecule has 30 heavy (non-hydrogen) atoms. The molecule has 0 bridgehead atoms. The zero-order chi connectivity index (χ0) is 20.8. The summed E-state index contributed by atoms with van der Waals surface area (Å²) in [6, 6.07) is 28.1. The summed E-state index contributed by atoms with van der Waals surface area (Å²) in [5.41, 5.74) is 1.33. The molecule has 150 valence electrons. The van der Waals surface area contributed by atoms with E-state index in [2.05, 4.69) is 0 Å². The lowest BCUT2D eigenvalue weighted by atomic mass is 10.1. The number of rotatable bonds is 7. The van der Waals surface area contributed by atoms with Gasteiger partial charge in [0, 0.05) is 17.4 Å². The van der Waals surface area contributed by atoms with E-state index in [0.717, 1.165) is 12.2 Å². The highest BCUT2D eigenvalue weighted by atomic mass is 32.2. The lowest BCUT2D eigenvalue weighted by Crippen LogP contribution is -2.04. The van der Waals surface area contributed by atoms with Crippen molar-refractivity contribution < 1.29 is 14.3 Å². The molecule has 0 saturated heterocycles. The van der Waals surface area contributed by atoms with Crippen molar-refractivity contribution in [1.82, 2.24) is 0 Å². The average Bonchev–Trinajstić information content (AvgIpc) is 2.77. The summed E-state index contributed by atoms with van der Waals surface area (Å²) in [4.78, 5) is 12.6. The molecule has 0 fully saturated rings. The molecule has 0 aliphatic carbocycles. The number of benzene rings is 3. The Kier molecular flexibility index (Phi) is 6.20. The van der Waals surface area contributed by atoms with E-state index in [4.69, 9.17) is 9.15 Å². The Morgan fingerprint density at radius 2 is 1.47 bits per heavy atom. The van der Waals surface area contributed by atoms with Gasteiger partial charge in [-0.3, -0.25) is 0 Å². The van der Waals surface area contributed by atoms with Gasteiger partial charge >= 0.3 is 5.63 Å². The van der Waals surface area contributed by atoms with Crippen LogP contribution in [0.1, 0.15) is 5.56 Å². The third kappa shape index (κ3) is 4.93. The van der Waals surface area contributed by atoms with Gasteiger partial charge in [0.25, 0.3) is 0 Å². The first-order valence-corrected chi connectivity index (χ1v) is 10.5. The van der Waals surface area contributed by atoms with Crippen LogP contribution in [0.15, 0.2) is 105 Å². The summed E-state index contributed by atoms with van der Waals surface area (Å²) < 4.78 is 11.2. The highest BCUT2D eigenvalue weighted by Crippen LogP contribution is 2.31. The van der Waals surface area contributed by atoms with E-state index >= 15 is 0 Å². The van der Waals surface area contributed by atoms with Gasteiger partial charge in [-0.2, -0.15) is 0 Å². The van der Waals surface area contributed by atoms with Gasteiger partial charge in [0.2, 0.25) is 0 Å². The van der Waals surface area contributed by atoms with Gasteiger partial charge in [0.1, 0.15) is 27.9 Å². The topological polar surface area (TPSA) is 59.7 Å². The van der Waals surface area contributed by atoms with Crippen LogP contribution in [0.4, 0.5) is 0 Å². The maximum atomic E-state index is 12.4. The number of hydrogen-bond acceptors (Lipinski definition) is 5. The maximum Gasteiger partial charge on any atom is 0.353 e. The molecule has 0 amide bonds. The monoisotopic (exact) mass is 416 g/mol. The minimum atomic E-state index is -0.535. The lowest BCUT2D eigenvalue weighted by Gasteiger charge is -2.08. The molecular weight excluding hydrogens is 396 g/mol. The van der Waals surface area contributed by atoms with E-state index in [1.807, 2.05) is 60.7 Å². The zero-order valence-corrected chi connectivity index (χ0v) is 17.0. The van der Waals surface area contributed by atoms with Crippen LogP contribution in [0.25, 0.3) is 11.3 Å². The Hall–Kier alpha value is -3.44. The molecular formula is C25H20O4S. The summed E-state index contributed by atoms with van der Waals surface area (Å²) in [5.74, 6) is 2.34. The highest BCUT2D eigenvalue weighted by Gasteiger charge is 2.13. The molecule has 4 rings (SSSR count). The van der Waals surface area contributed by atoms with Gasteiger partial charge in [-0.15, -0.1) is 11.8 Å². The lowest BCUT2D eigenvalue weighted by molar-refractivity contribution is 0.430. The number of ether oxygens (including phenoxy) is 1. The maximum absolute atomic E-state index is 12.4. The normalized spacial score (nSPS) is 10.7. The molecule has 0 spiro atoms. The van der Waals surface area contributed by atoms with Gasteiger partial charge in [-0.05, 0) is 48.4 Å². The van der Waals surface area contributed by atoms with Gasteiger partial charge in [-0.1, -0.05) is 48.5 Å². The number of para-hydroxylation sites is 1. The van der Waals surface area contributed by atoms with Crippen molar-refractivity contribution in [3.8, 4) is 28.6 Å². The number of aryl methyl sites for hydroxylation is 1. The summed E-state index contributed by atoms with van der Waals surface area (Å²) >= 11 is 1.30. The minimum absolute atomic E-state index is 0.0658. The second kappa shape index (κ2) is 9.37. The standard InChI is InChI=1S/C25H20O4S/c26-22-17-23(19-11-13-21(14-12-19)28-20-9-5-2-6-10-20)29-25(27)24(22)30-16-15-18-7-3-1-4-8-18/h1-14,17,26H,15-16H2. The van der Waals surface area contributed by atoms with Gasteiger partial charge in [-0.25, -0.2) is 4.79 Å². The molecule has 1 N–H and O–H groups in total. The number of aromatic hydroxyl groups is 1. The third-order valence-corrected chi connectivity index (χ3v) is 5.56. The van der Waals surface area contributed by atoms with Crippen LogP contribution >= 0.6 is 11.8 Å². The second-order valence-electron chi connectivity index (χ2n) is 6.64. The van der Waals surface area contributed by atoms with Crippen LogP contribution in [0.3, 0.4) is 0 Å². The minimum Gasteiger partial charge on any atom is -0.506 e.